The minimum Gasteiger partial charge on any atom is -0.444 e. The number of cyclic esters (lactones) is 1. The number of benzene rings is 1. The fraction of sp³-hybridized carbons (Fsp3) is 0.556. The van der Waals surface area contributed by atoms with Crippen LogP contribution in [0.15, 0.2) is 30.3 Å². The molecule has 0 N–H and O–H groups in total. The summed E-state index contributed by atoms with van der Waals surface area (Å²) in [4.78, 5) is 26.4. The van der Waals surface area contributed by atoms with E-state index >= 15 is 0 Å². The molecule has 0 saturated carbocycles. The molecular formula is C18H25NO4S. The zero-order chi connectivity index (χ0) is 17.7. The van der Waals surface area contributed by atoms with Crippen LogP contribution in [0.2, 0.25) is 0 Å². The number of amides is 1. The van der Waals surface area contributed by atoms with Gasteiger partial charge in [-0.15, -0.1) is 0 Å². The summed E-state index contributed by atoms with van der Waals surface area (Å²) in [7, 11) is 0. The fourth-order valence-corrected chi connectivity index (χ4v) is 3.08. The lowest BCUT2D eigenvalue weighted by atomic mass is 9.93. The largest absolute Gasteiger partial charge is 0.444 e. The first-order chi connectivity index (χ1) is 11.3. The summed E-state index contributed by atoms with van der Waals surface area (Å²) in [6.07, 6.45) is 1.42. The van der Waals surface area contributed by atoms with Crippen molar-refractivity contribution in [3.63, 3.8) is 0 Å². The summed E-state index contributed by atoms with van der Waals surface area (Å²) in [5, 5.41) is 0. The average Bonchev–Trinajstić information content (AvgIpc) is 2.88. The summed E-state index contributed by atoms with van der Waals surface area (Å²) in [6, 6.07) is 8.91. The SMILES string of the molecule is CSCCC1C(=O)O[C@H](C(C)(C)C)N1C(=O)OCc1ccccc1. The zero-order valence-corrected chi connectivity index (χ0v) is 15.5. The normalized spacial score (nSPS) is 20.8. The highest BCUT2D eigenvalue weighted by Crippen LogP contribution is 2.34. The van der Waals surface area contributed by atoms with Crippen molar-refractivity contribution in [1.29, 1.82) is 0 Å². The van der Waals surface area contributed by atoms with Gasteiger partial charge in [-0.25, -0.2) is 9.59 Å². The van der Waals surface area contributed by atoms with Gasteiger partial charge in [0.25, 0.3) is 0 Å². The summed E-state index contributed by atoms with van der Waals surface area (Å²) < 4.78 is 10.9. The van der Waals surface area contributed by atoms with E-state index in [-0.39, 0.29) is 18.0 Å². The van der Waals surface area contributed by atoms with E-state index in [1.807, 2.05) is 57.4 Å². The topological polar surface area (TPSA) is 55.8 Å². The van der Waals surface area contributed by atoms with Gasteiger partial charge in [-0.2, -0.15) is 11.8 Å². The fourth-order valence-electron chi connectivity index (χ4n) is 2.62. The van der Waals surface area contributed by atoms with Crippen molar-refractivity contribution < 1.29 is 19.1 Å². The van der Waals surface area contributed by atoms with Gasteiger partial charge < -0.3 is 9.47 Å². The lowest BCUT2D eigenvalue weighted by Gasteiger charge is -2.33. The third-order valence-electron chi connectivity index (χ3n) is 3.84. The molecule has 5 nitrogen and oxygen atoms in total. The van der Waals surface area contributed by atoms with Gasteiger partial charge in [0, 0.05) is 5.41 Å². The maximum absolute atomic E-state index is 12.7. The monoisotopic (exact) mass is 351 g/mol. The second-order valence-electron chi connectivity index (χ2n) is 6.90. The molecule has 1 aliphatic heterocycles. The summed E-state index contributed by atoms with van der Waals surface area (Å²) in [5.74, 6) is 0.430. The molecule has 0 spiro atoms. The number of thioether (sulfide) groups is 1. The van der Waals surface area contributed by atoms with Crippen molar-refractivity contribution in [3.05, 3.63) is 35.9 Å². The Bertz CT molecular complexity index is 570. The molecule has 0 aromatic heterocycles. The molecule has 6 heteroatoms. The number of hydrogen-bond donors (Lipinski definition) is 0. The summed E-state index contributed by atoms with van der Waals surface area (Å²) in [5.41, 5.74) is 0.528. The number of hydrogen-bond acceptors (Lipinski definition) is 5. The predicted molar refractivity (Wildman–Crippen MR) is 94.6 cm³/mol. The number of nitrogens with zero attached hydrogens (tertiary/aromatic N) is 1. The quantitative estimate of drug-likeness (QED) is 0.758. The van der Waals surface area contributed by atoms with Crippen molar-refractivity contribution in [2.75, 3.05) is 12.0 Å². The van der Waals surface area contributed by atoms with Crippen LogP contribution in [0.25, 0.3) is 0 Å². The van der Waals surface area contributed by atoms with Crippen LogP contribution in [-0.4, -0.2) is 41.2 Å². The molecule has 0 radical (unpaired) electrons. The summed E-state index contributed by atoms with van der Waals surface area (Å²) in [6.45, 7) is 6.01. The molecule has 1 aromatic carbocycles. The van der Waals surface area contributed by atoms with Crippen molar-refractivity contribution in [2.24, 2.45) is 5.41 Å². The molecule has 1 heterocycles. The van der Waals surface area contributed by atoms with Crippen LogP contribution >= 0.6 is 11.8 Å². The first kappa shape index (κ1) is 18.6. The van der Waals surface area contributed by atoms with Crippen LogP contribution in [0.5, 0.6) is 0 Å². The van der Waals surface area contributed by atoms with Gasteiger partial charge in [-0.1, -0.05) is 51.1 Å². The number of carbonyl (C=O) groups is 2. The third-order valence-corrected chi connectivity index (χ3v) is 4.48. The Morgan fingerprint density at radius 1 is 1.29 bits per heavy atom. The molecular weight excluding hydrogens is 326 g/mol. The Morgan fingerprint density at radius 2 is 1.96 bits per heavy atom. The molecule has 1 aromatic rings. The van der Waals surface area contributed by atoms with Gasteiger partial charge in [-0.3, -0.25) is 4.90 Å². The molecule has 1 fully saturated rings. The molecule has 1 amide bonds. The Labute approximate surface area is 147 Å². The van der Waals surface area contributed by atoms with Crippen LogP contribution in [-0.2, 0) is 20.9 Å². The maximum atomic E-state index is 12.7. The van der Waals surface area contributed by atoms with Crippen LogP contribution in [0.3, 0.4) is 0 Å². The highest BCUT2D eigenvalue weighted by Gasteiger charge is 2.50. The van der Waals surface area contributed by atoms with E-state index in [1.165, 1.54) is 4.90 Å². The van der Waals surface area contributed by atoms with Crippen molar-refractivity contribution in [2.45, 2.75) is 46.1 Å². The molecule has 0 bridgehead atoms. The molecule has 1 unspecified atom stereocenters. The molecule has 2 rings (SSSR count). The zero-order valence-electron chi connectivity index (χ0n) is 14.7. The molecule has 1 aliphatic rings. The van der Waals surface area contributed by atoms with E-state index in [4.69, 9.17) is 9.47 Å². The number of esters is 1. The lowest BCUT2D eigenvalue weighted by Crippen LogP contribution is -2.48. The molecule has 1 saturated heterocycles. The predicted octanol–water partition coefficient (Wildman–Crippen LogP) is 3.68. The standard InChI is InChI=1S/C18H25NO4S/c1-18(2,3)16-19(14(10-11-24-4)15(20)23-16)17(21)22-12-13-8-6-5-7-9-13/h5-9,14,16H,10-12H2,1-4H3/t14?,16-/m1/s1. The van der Waals surface area contributed by atoms with E-state index in [1.54, 1.807) is 11.8 Å². The number of carbonyl (C=O) groups excluding carboxylic acids is 2. The highest BCUT2D eigenvalue weighted by atomic mass is 32.2. The first-order valence-electron chi connectivity index (χ1n) is 8.03. The van der Waals surface area contributed by atoms with Crippen LogP contribution in [0.4, 0.5) is 4.79 Å². The van der Waals surface area contributed by atoms with E-state index < -0.39 is 18.4 Å². The minimum absolute atomic E-state index is 0.177. The Balaban J connectivity index is 2.13. The van der Waals surface area contributed by atoms with Gasteiger partial charge in [0.2, 0.25) is 0 Å². The van der Waals surface area contributed by atoms with Crippen molar-refractivity contribution in [1.82, 2.24) is 4.90 Å². The number of ether oxygens (including phenoxy) is 2. The van der Waals surface area contributed by atoms with Gasteiger partial charge in [0.15, 0.2) is 6.23 Å². The number of rotatable bonds is 5. The van der Waals surface area contributed by atoms with Gasteiger partial charge >= 0.3 is 12.1 Å². The smallest absolute Gasteiger partial charge is 0.413 e. The van der Waals surface area contributed by atoms with Crippen LogP contribution < -0.4 is 0 Å². The van der Waals surface area contributed by atoms with E-state index in [9.17, 15) is 9.59 Å². The lowest BCUT2D eigenvalue weighted by molar-refractivity contribution is -0.147. The molecule has 132 valence electrons. The highest BCUT2D eigenvalue weighted by molar-refractivity contribution is 7.98. The summed E-state index contributed by atoms with van der Waals surface area (Å²) >= 11 is 1.64. The van der Waals surface area contributed by atoms with Crippen LogP contribution in [0, 0.1) is 5.41 Å². The third kappa shape index (κ3) is 4.44. The first-order valence-corrected chi connectivity index (χ1v) is 9.42. The van der Waals surface area contributed by atoms with Crippen molar-refractivity contribution in [3.8, 4) is 0 Å². The van der Waals surface area contributed by atoms with E-state index in [2.05, 4.69) is 0 Å². The maximum Gasteiger partial charge on any atom is 0.413 e. The van der Waals surface area contributed by atoms with Gasteiger partial charge in [0.1, 0.15) is 12.6 Å². The Morgan fingerprint density at radius 3 is 2.54 bits per heavy atom. The van der Waals surface area contributed by atoms with Gasteiger partial charge in [-0.05, 0) is 24.0 Å². The van der Waals surface area contributed by atoms with E-state index in [0.717, 1.165) is 11.3 Å². The molecule has 2 atom stereocenters. The average molecular weight is 351 g/mol. The Hall–Kier alpha value is -1.69. The molecule has 24 heavy (non-hydrogen) atoms. The van der Waals surface area contributed by atoms with E-state index in [0.29, 0.717) is 6.42 Å². The van der Waals surface area contributed by atoms with Crippen LogP contribution in [0.1, 0.15) is 32.8 Å². The minimum atomic E-state index is -0.611. The van der Waals surface area contributed by atoms with Crippen molar-refractivity contribution >= 4 is 23.8 Å². The second kappa shape index (κ2) is 7.92. The molecule has 0 aliphatic carbocycles. The van der Waals surface area contributed by atoms with Gasteiger partial charge in [0.05, 0.1) is 0 Å². The second-order valence-corrected chi connectivity index (χ2v) is 7.89. The Kier molecular flexibility index (Phi) is 6.15.